The van der Waals surface area contributed by atoms with Gasteiger partial charge in [-0.15, -0.1) is 0 Å². The lowest BCUT2D eigenvalue weighted by Crippen LogP contribution is -2.49. The third-order valence-electron chi connectivity index (χ3n) is 3.67. The molecule has 1 aliphatic rings. The highest BCUT2D eigenvalue weighted by atomic mass is 19.3. The van der Waals surface area contributed by atoms with E-state index in [1.165, 1.54) is 24.3 Å². The number of hydrogen-bond donors (Lipinski definition) is 1. The van der Waals surface area contributed by atoms with Crippen LogP contribution in [0.1, 0.15) is 35.2 Å². The number of alkyl halides is 2. The van der Waals surface area contributed by atoms with Crippen molar-refractivity contribution in [3.63, 3.8) is 0 Å². The molecule has 22 heavy (non-hydrogen) atoms. The standard InChI is InChI=1S/C15H17F2NO4/c1-2-22-13(19)11-5-3-4-10(8-11)12-6-7-18(14(20)21)9-15(12,16)17/h3-5,8,12H,2,6-7,9H2,1H3,(H,20,21). The van der Waals surface area contributed by atoms with E-state index in [2.05, 4.69) is 0 Å². The van der Waals surface area contributed by atoms with Crippen molar-refractivity contribution in [2.75, 3.05) is 19.7 Å². The van der Waals surface area contributed by atoms with Crippen molar-refractivity contribution in [1.29, 1.82) is 0 Å². The summed E-state index contributed by atoms with van der Waals surface area (Å²) in [5, 5.41) is 8.83. The van der Waals surface area contributed by atoms with Gasteiger partial charge in [-0.05, 0) is 31.0 Å². The second kappa shape index (κ2) is 6.29. The van der Waals surface area contributed by atoms with Crippen molar-refractivity contribution >= 4 is 12.1 Å². The molecule has 1 amide bonds. The molecule has 1 aliphatic heterocycles. The number of carbonyl (C=O) groups excluding carboxylic acids is 1. The lowest BCUT2D eigenvalue weighted by Gasteiger charge is -2.37. The minimum Gasteiger partial charge on any atom is -0.465 e. The molecule has 1 aromatic rings. The number of nitrogens with zero attached hydrogens (tertiary/aromatic N) is 1. The number of carboxylic acid groups (broad SMARTS) is 1. The Kier molecular flexibility index (Phi) is 4.63. The molecule has 1 heterocycles. The van der Waals surface area contributed by atoms with Gasteiger partial charge >= 0.3 is 12.1 Å². The molecule has 0 bridgehead atoms. The van der Waals surface area contributed by atoms with Crippen molar-refractivity contribution in [3.8, 4) is 0 Å². The topological polar surface area (TPSA) is 66.8 Å². The molecule has 1 aromatic carbocycles. The molecular weight excluding hydrogens is 296 g/mol. The first-order chi connectivity index (χ1) is 10.3. The summed E-state index contributed by atoms with van der Waals surface area (Å²) >= 11 is 0. The van der Waals surface area contributed by atoms with Gasteiger partial charge in [0.1, 0.15) is 0 Å². The average molecular weight is 313 g/mol. The van der Waals surface area contributed by atoms with Gasteiger partial charge < -0.3 is 14.7 Å². The molecule has 1 N–H and O–H groups in total. The van der Waals surface area contributed by atoms with Gasteiger partial charge in [0, 0.05) is 6.54 Å². The minimum atomic E-state index is -3.18. The van der Waals surface area contributed by atoms with Gasteiger partial charge in [-0.1, -0.05) is 12.1 Å². The zero-order valence-corrected chi connectivity index (χ0v) is 12.1. The highest BCUT2D eigenvalue weighted by Crippen LogP contribution is 2.40. The third-order valence-corrected chi connectivity index (χ3v) is 3.67. The maximum Gasteiger partial charge on any atom is 0.407 e. The number of carbonyl (C=O) groups is 2. The summed E-state index contributed by atoms with van der Waals surface area (Å²) in [5.41, 5.74) is 0.538. The van der Waals surface area contributed by atoms with E-state index in [1.807, 2.05) is 0 Å². The molecule has 5 nitrogen and oxygen atoms in total. The van der Waals surface area contributed by atoms with Gasteiger partial charge in [-0.3, -0.25) is 0 Å². The number of likely N-dealkylation sites (tertiary alicyclic amines) is 1. The molecular formula is C15H17F2NO4. The van der Waals surface area contributed by atoms with Crippen LogP contribution >= 0.6 is 0 Å². The molecule has 1 fully saturated rings. The zero-order valence-electron chi connectivity index (χ0n) is 12.1. The van der Waals surface area contributed by atoms with Gasteiger partial charge in [-0.2, -0.15) is 0 Å². The summed E-state index contributed by atoms with van der Waals surface area (Å²) in [7, 11) is 0. The second-order valence-electron chi connectivity index (χ2n) is 5.15. The van der Waals surface area contributed by atoms with Crippen LogP contribution in [0.25, 0.3) is 0 Å². The fraction of sp³-hybridized carbons (Fsp3) is 0.467. The zero-order chi connectivity index (χ0) is 16.3. The summed E-state index contributed by atoms with van der Waals surface area (Å²) in [4.78, 5) is 23.2. The van der Waals surface area contributed by atoms with E-state index in [0.29, 0.717) is 10.5 Å². The number of esters is 1. The highest BCUT2D eigenvalue weighted by Gasteiger charge is 2.46. The molecule has 120 valence electrons. The van der Waals surface area contributed by atoms with Crippen LogP contribution in [0.15, 0.2) is 24.3 Å². The summed E-state index contributed by atoms with van der Waals surface area (Å²) in [6.45, 7) is 1.07. The Labute approximate surface area is 126 Å². The van der Waals surface area contributed by atoms with E-state index in [-0.39, 0.29) is 25.1 Å². The summed E-state index contributed by atoms with van der Waals surface area (Å²) in [5.74, 6) is -4.85. The number of piperidine rings is 1. The Bertz CT molecular complexity index is 576. The molecule has 7 heteroatoms. The molecule has 0 spiro atoms. The quantitative estimate of drug-likeness (QED) is 0.871. The Morgan fingerprint density at radius 3 is 2.77 bits per heavy atom. The van der Waals surface area contributed by atoms with Crippen LogP contribution < -0.4 is 0 Å². The number of ether oxygens (including phenoxy) is 1. The lowest BCUT2D eigenvalue weighted by atomic mass is 9.85. The van der Waals surface area contributed by atoms with Gasteiger partial charge in [0.15, 0.2) is 0 Å². The first-order valence-electron chi connectivity index (χ1n) is 6.98. The van der Waals surface area contributed by atoms with Gasteiger partial charge in [0.25, 0.3) is 5.92 Å². The van der Waals surface area contributed by atoms with Crippen LogP contribution in [0, 0.1) is 0 Å². The minimum absolute atomic E-state index is 0.00553. The van der Waals surface area contributed by atoms with Crippen molar-refractivity contribution < 1.29 is 28.2 Å². The highest BCUT2D eigenvalue weighted by molar-refractivity contribution is 5.89. The predicted octanol–water partition coefficient (Wildman–Crippen LogP) is 2.97. The molecule has 1 unspecified atom stereocenters. The molecule has 1 saturated heterocycles. The van der Waals surface area contributed by atoms with Gasteiger partial charge in [-0.25, -0.2) is 18.4 Å². The Morgan fingerprint density at radius 2 is 2.18 bits per heavy atom. The predicted molar refractivity (Wildman–Crippen MR) is 74.3 cm³/mol. The fourth-order valence-electron chi connectivity index (χ4n) is 2.61. The Balaban J connectivity index is 2.23. The molecule has 0 aromatic heterocycles. The lowest BCUT2D eigenvalue weighted by molar-refractivity contribution is -0.0761. The third kappa shape index (κ3) is 3.35. The van der Waals surface area contributed by atoms with E-state index in [9.17, 15) is 18.4 Å². The maximum atomic E-state index is 14.2. The van der Waals surface area contributed by atoms with E-state index in [4.69, 9.17) is 9.84 Å². The number of rotatable bonds is 3. The summed E-state index contributed by atoms with van der Waals surface area (Å²) in [6, 6.07) is 5.96. The monoisotopic (exact) mass is 313 g/mol. The van der Waals surface area contributed by atoms with Crippen molar-refractivity contribution in [2.24, 2.45) is 0 Å². The summed E-state index contributed by atoms with van der Waals surface area (Å²) in [6.07, 6.45) is -1.34. The van der Waals surface area contributed by atoms with Gasteiger partial charge in [0.2, 0.25) is 0 Å². The number of halogens is 2. The number of hydrogen-bond acceptors (Lipinski definition) is 3. The van der Waals surface area contributed by atoms with Crippen LogP contribution in [-0.4, -0.2) is 47.7 Å². The molecule has 0 aliphatic carbocycles. The van der Waals surface area contributed by atoms with Crippen LogP contribution in [-0.2, 0) is 4.74 Å². The van der Waals surface area contributed by atoms with Crippen LogP contribution in [0.5, 0.6) is 0 Å². The Hall–Kier alpha value is -2.18. The van der Waals surface area contributed by atoms with Crippen molar-refractivity contribution in [1.82, 2.24) is 4.90 Å². The van der Waals surface area contributed by atoms with Crippen LogP contribution in [0.3, 0.4) is 0 Å². The summed E-state index contributed by atoms with van der Waals surface area (Å²) < 4.78 is 33.3. The average Bonchev–Trinajstić information content (AvgIpc) is 2.46. The maximum absolute atomic E-state index is 14.2. The van der Waals surface area contributed by atoms with Crippen molar-refractivity contribution in [3.05, 3.63) is 35.4 Å². The molecule has 1 atom stereocenters. The van der Waals surface area contributed by atoms with E-state index >= 15 is 0 Å². The van der Waals surface area contributed by atoms with Gasteiger partial charge in [0.05, 0.1) is 24.6 Å². The first kappa shape index (κ1) is 16.2. The number of benzene rings is 1. The second-order valence-corrected chi connectivity index (χ2v) is 5.15. The molecule has 2 rings (SSSR count). The smallest absolute Gasteiger partial charge is 0.407 e. The van der Waals surface area contributed by atoms with E-state index in [0.717, 1.165) is 0 Å². The van der Waals surface area contributed by atoms with E-state index in [1.54, 1.807) is 6.92 Å². The molecule has 0 saturated carbocycles. The largest absolute Gasteiger partial charge is 0.465 e. The normalized spacial score (nSPS) is 20.5. The van der Waals surface area contributed by atoms with E-state index < -0.39 is 30.4 Å². The van der Waals surface area contributed by atoms with Crippen LogP contribution in [0.4, 0.5) is 13.6 Å². The van der Waals surface area contributed by atoms with Crippen LogP contribution in [0.2, 0.25) is 0 Å². The molecule has 0 radical (unpaired) electrons. The SMILES string of the molecule is CCOC(=O)c1cccc(C2CCN(C(=O)O)CC2(F)F)c1. The first-order valence-corrected chi connectivity index (χ1v) is 6.98. The fourth-order valence-corrected chi connectivity index (χ4v) is 2.61. The van der Waals surface area contributed by atoms with Crippen molar-refractivity contribution in [2.45, 2.75) is 25.2 Å². The number of amides is 1. The Morgan fingerprint density at radius 1 is 1.45 bits per heavy atom.